The second kappa shape index (κ2) is 8.78. The van der Waals surface area contributed by atoms with Crippen LogP contribution in [0.4, 0.5) is 4.79 Å². The Hall–Kier alpha value is -0.950. The number of carboxylic acids is 1. The molecule has 0 saturated heterocycles. The van der Waals surface area contributed by atoms with E-state index in [2.05, 4.69) is 16.9 Å². The van der Waals surface area contributed by atoms with Gasteiger partial charge in [-0.3, -0.25) is 9.69 Å². The molecule has 2 fully saturated rings. The first-order valence-electron chi connectivity index (χ1n) is 8.59. The molecule has 2 aliphatic rings. The van der Waals surface area contributed by atoms with E-state index in [0.717, 1.165) is 25.8 Å². The summed E-state index contributed by atoms with van der Waals surface area (Å²) in [7, 11) is 0. The van der Waals surface area contributed by atoms with E-state index >= 15 is 0 Å². The fourth-order valence-corrected chi connectivity index (χ4v) is 4.55. The topological polar surface area (TPSA) is 81.7 Å². The normalized spacial score (nSPS) is 30.6. The molecule has 2 aliphatic carbocycles. The highest BCUT2D eigenvalue weighted by Gasteiger charge is 2.35. The highest BCUT2D eigenvalue weighted by atomic mass is 32.2. The summed E-state index contributed by atoms with van der Waals surface area (Å²) < 4.78 is 0. The number of rotatable bonds is 7. The Morgan fingerprint density at radius 1 is 1.22 bits per heavy atom. The van der Waals surface area contributed by atoms with Crippen molar-refractivity contribution in [2.24, 2.45) is 0 Å². The lowest BCUT2D eigenvalue weighted by atomic mass is 9.85. The Morgan fingerprint density at radius 3 is 2.52 bits per heavy atom. The average Bonchev–Trinajstić information content (AvgIpc) is 2.48. The van der Waals surface area contributed by atoms with E-state index in [1.165, 1.54) is 19.3 Å². The fourth-order valence-electron chi connectivity index (χ4n) is 3.62. The molecule has 23 heavy (non-hydrogen) atoms. The number of carbonyl (C=O) groups is 2. The number of urea groups is 1. The molecule has 7 heteroatoms. The first kappa shape index (κ1) is 18.4. The summed E-state index contributed by atoms with van der Waals surface area (Å²) in [4.78, 5) is 25.0. The molecule has 0 radical (unpaired) electrons. The molecule has 2 rings (SSSR count). The van der Waals surface area contributed by atoms with Crippen LogP contribution in [0.5, 0.6) is 0 Å². The molecular formula is C16H29N3O3S. The first-order valence-corrected chi connectivity index (χ1v) is 9.88. The number of carbonyl (C=O) groups excluding carboxylic acids is 1. The Labute approximate surface area is 142 Å². The van der Waals surface area contributed by atoms with Crippen LogP contribution in [-0.4, -0.2) is 64.7 Å². The van der Waals surface area contributed by atoms with Gasteiger partial charge in [-0.1, -0.05) is 19.8 Å². The van der Waals surface area contributed by atoms with Gasteiger partial charge in [-0.2, -0.15) is 11.8 Å². The number of nitrogens with one attached hydrogen (secondary N) is 2. The van der Waals surface area contributed by atoms with Gasteiger partial charge in [0.05, 0.1) is 6.54 Å². The maximum Gasteiger partial charge on any atom is 0.317 e. The molecule has 2 atom stereocenters. The van der Waals surface area contributed by atoms with E-state index in [4.69, 9.17) is 5.11 Å². The SMILES string of the molecule is CCN(CC(=O)O)C1CC(NC(=O)N[C@H]2CCCC[C@@H]2SC)C1. The number of amides is 2. The summed E-state index contributed by atoms with van der Waals surface area (Å²) in [6.45, 7) is 2.78. The van der Waals surface area contributed by atoms with Gasteiger partial charge in [-0.05, 0) is 38.5 Å². The van der Waals surface area contributed by atoms with Crippen molar-refractivity contribution >= 4 is 23.8 Å². The molecule has 0 spiro atoms. The van der Waals surface area contributed by atoms with Crippen LogP contribution < -0.4 is 10.6 Å². The maximum absolute atomic E-state index is 12.2. The van der Waals surface area contributed by atoms with Crippen LogP contribution >= 0.6 is 11.8 Å². The van der Waals surface area contributed by atoms with Crippen LogP contribution in [0, 0.1) is 0 Å². The van der Waals surface area contributed by atoms with Gasteiger partial charge in [-0.15, -0.1) is 0 Å². The summed E-state index contributed by atoms with van der Waals surface area (Å²) in [6.07, 6.45) is 8.48. The smallest absolute Gasteiger partial charge is 0.317 e. The molecule has 0 aromatic rings. The zero-order chi connectivity index (χ0) is 16.8. The third-order valence-electron chi connectivity index (χ3n) is 5.03. The van der Waals surface area contributed by atoms with Crippen molar-refractivity contribution < 1.29 is 14.7 Å². The Morgan fingerprint density at radius 2 is 1.91 bits per heavy atom. The summed E-state index contributed by atoms with van der Waals surface area (Å²) in [5.41, 5.74) is 0. The van der Waals surface area contributed by atoms with E-state index in [-0.39, 0.29) is 30.7 Å². The third kappa shape index (κ3) is 5.28. The van der Waals surface area contributed by atoms with Gasteiger partial charge >= 0.3 is 12.0 Å². The van der Waals surface area contributed by atoms with Gasteiger partial charge in [0.25, 0.3) is 0 Å². The lowest BCUT2D eigenvalue weighted by Gasteiger charge is -2.42. The van der Waals surface area contributed by atoms with E-state index < -0.39 is 5.97 Å². The zero-order valence-electron chi connectivity index (χ0n) is 14.1. The molecular weight excluding hydrogens is 314 g/mol. The van der Waals surface area contributed by atoms with Crippen LogP contribution in [0.1, 0.15) is 45.4 Å². The number of hydrogen-bond donors (Lipinski definition) is 3. The highest BCUT2D eigenvalue weighted by molar-refractivity contribution is 7.99. The van der Waals surface area contributed by atoms with Crippen LogP contribution in [0.2, 0.25) is 0 Å². The van der Waals surface area contributed by atoms with Crippen LogP contribution in [0.3, 0.4) is 0 Å². The van der Waals surface area contributed by atoms with Gasteiger partial charge in [0.2, 0.25) is 0 Å². The van der Waals surface area contributed by atoms with Crippen molar-refractivity contribution in [3.05, 3.63) is 0 Å². The predicted octanol–water partition coefficient (Wildman–Crippen LogP) is 1.90. The maximum atomic E-state index is 12.2. The second-order valence-electron chi connectivity index (χ2n) is 6.56. The number of nitrogens with zero attached hydrogens (tertiary/aromatic N) is 1. The van der Waals surface area contributed by atoms with Crippen molar-refractivity contribution in [1.82, 2.24) is 15.5 Å². The number of likely N-dealkylation sites (N-methyl/N-ethyl adjacent to an activating group) is 1. The summed E-state index contributed by atoms with van der Waals surface area (Å²) in [5.74, 6) is -0.790. The molecule has 0 unspecified atom stereocenters. The molecule has 132 valence electrons. The molecule has 0 bridgehead atoms. The molecule has 2 saturated carbocycles. The molecule has 6 nitrogen and oxygen atoms in total. The first-order chi connectivity index (χ1) is 11.0. The van der Waals surface area contributed by atoms with Gasteiger partial charge in [0, 0.05) is 23.4 Å². The summed E-state index contributed by atoms with van der Waals surface area (Å²) >= 11 is 1.84. The minimum Gasteiger partial charge on any atom is -0.480 e. The van der Waals surface area contributed by atoms with E-state index in [9.17, 15) is 9.59 Å². The lowest BCUT2D eigenvalue weighted by molar-refractivity contribution is -0.139. The fraction of sp³-hybridized carbons (Fsp3) is 0.875. The molecule has 0 aromatic heterocycles. The minimum absolute atomic E-state index is 0.0688. The largest absolute Gasteiger partial charge is 0.480 e. The third-order valence-corrected chi connectivity index (χ3v) is 6.20. The van der Waals surface area contributed by atoms with E-state index in [1.807, 2.05) is 23.6 Å². The molecule has 2 amide bonds. The Kier molecular flexibility index (Phi) is 7.02. The van der Waals surface area contributed by atoms with E-state index in [1.54, 1.807) is 0 Å². The monoisotopic (exact) mass is 343 g/mol. The van der Waals surface area contributed by atoms with Gasteiger partial charge in [0.15, 0.2) is 0 Å². The number of hydrogen-bond acceptors (Lipinski definition) is 4. The van der Waals surface area contributed by atoms with Crippen LogP contribution in [0.25, 0.3) is 0 Å². The number of thioether (sulfide) groups is 1. The molecule has 0 heterocycles. The lowest BCUT2D eigenvalue weighted by Crippen LogP contribution is -2.58. The molecule has 0 aliphatic heterocycles. The van der Waals surface area contributed by atoms with Crippen molar-refractivity contribution in [2.45, 2.75) is 68.8 Å². The van der Waals surface area contributed by atoms with Crippen molar-refractivity contribution in [1.29, 1.82) is 0 Å². The van der Waals surface area contributed by atoms with Crippen molar-refractivity contribution in [3.63, 3.8) is 0 Å². The molecule has 0 aromatic carbocycles. The number of carboxylic acid groups (broad SMARTS) is 1. The van der Waals surface area contributed by atoms with Gasteiger partial charge < -0.3 is 15.7 Å². The predicted molar refractivity (Wildman–Crippen MR) is 92.9 cm³/mol. The Bertz CT molecular complexity index is 415. The van der Waals surface area contributed by atoms with Crippen LogP contribution in [-0.2, 0) is 4.79 Å². The summed E-state index contributed by atoms with van der Waals surface area (Å²) in [5, 5.41) is 15.6. The van der Waals surface area contributed by atoms with Crippen molar-refractivity contribution in [3.8, 4) is 0 Å². The Balaban J connectivity index is 1.70. The quantitative estimate of drug-likeness (QED) is 0.658. The highest BCUT2D eigenvalue weighted by Crippen LogP contribution is 2.28. The van der Waals surface area contributed by atoms with Gasteiger partial charge in [-0.25, -0.2) is 4.79 Å². The average molecular weight is 343 g/mol. The molecule has 3 N–H and O–H groups in total. The second-order valence-corrected chi connectivity index (χ2v) is 7.64. The van der Waals surface area contributed by atoms with Crippen LogP contribution in [0.15, 0.2) is 0 Å². The number of aliphatic carboxylic acids is 1. The van der Waals surface area contributed by atoms with Gasteiger partial charge in [0.1, 0.15) is 0 Å². The van der Waals surface area contributed by atoms with Crippen molar-refractivity contribution in [2.75, 3.05) is 19.3 Å². The minimum atomic E-state index is -0.790. The standard InChI is InChI=1S/C16H29N3O3S/c1-3-19(10-15(20)21)12-8-11(9-12)17-16(22)18-13-6-4-5-7-14(13)23-2/h11-14H,3-10H2,1-2H3,(H,20,21)(H2,17,18,22)/t11?,12?,13-,14-/m0/s1. The zero-order valence-corrected chi connectivity index (χ0v) is 14.9. The van der Waals surface area contributed by atoms with E-state index in [0.29, 0.717) is 5.25 Å². The summed E-state index contributed by atoms with van der Waals surface area (Å²) in [6, 6.07) is 0.642.